The normalized spacial score (nSPS) is 11.4. The second kappa shape index (κ2) is 4.75. The van der Waals surface area contributed by atoms with Gasteiger partial charge in [-0.3, -0.25) is 9.67 Å². The molecule has 102 valence electrons. The predicted octanol–water partition coefficient (Wildman–Crippen LogP) is 4.07. The van der Waals surface area contributed by atoms with E-state index in [1.807, 2.05) is 24.1 Å². The van der Waals surface area contributed by atoms with Crippen LogP contribution < -0.4 is 0 Å². The van der Waals surface area contributed by atoms with Gasteiger partial charge in [-0.05, 0) is 48.2 Å². The second-order valence-corrected chi connectivity index (χ2v) is 5.63. The largest absolute Gasteiger partial charge is 0.268 e. The van der Waals surface area contributed by atoms with E-state index in [1.165, 1.54) is 22.0 Å². The average Bonchev–Trinajstić information content (AvgIpc) is 2.81. The maximum absolute atomic E-state index is 4.52. The van der Waals surface area contributed by atoms with Gasteiger partial charge in [0.15, 0.2) is 0 Å². The summed E-state index contributed by atoms with van der Waals surface area (Å²) in [5.41, 5.74) is 5.93. The van der Waals surface area contributed by atoms with Gasteiger partial charge in [-0.15, -0.1) is 0 Å². The summed E-state index contributed by atoms with van der Waals surface area (Å²) in [6.45, 7) is 6.53. The molecule has 3 aromatic rings. The first-order valence-electron chi connectivity index (χ1n) is 6.95. The fourth-order valence-electron chi connectivity index (χ4n) is 2.67. The summed E-state index contributed by atoms with van der Waals surface area (Å²) in [7, 11) is 1.98. The van der Waals surface area contributed by atoms with Crippen LogP contribution in [0.25, 0.3) is 22.2 Å². The number of benzene rings is 1. The lowest BCUT2D eigenvalue weighted by Gasteiger charge is -2.09. The Kier molecular flexibility index (Phi) is 3.05. The number of pyridine rings is 1. The zero-order chi connectivity index (χ0) is 14.3. The Morgan fingerprint density at radius 1 is 1.15 bits per heavy atom. The van der Waals surface area contributed by atoms with Crippen LogP contribution in [0.15, 0.2) is 36.7 Å². The van der Waals surface area contributed by atoms with Gasteiger partial charge in [0, 0.05) is 24.2 Å². The van der Waals surface area contributed by atoms with Crippen LogP contribution in [0.1, 0.15) is 30.9 Å². The third-order valence-corrected chi connectivity index (χ3v) is 3.77. The third kappa shape index (κ3) is 2.09. The monoisotopic (exact) mass is 265 g/mol. The molecule has 2 heterocycles. The highest BCUT2D eigenvalue weighted by atomic mass is 15.2. The molecular weight excluding hydrogens is 246 g/mol. The van der Waals surface area contributed by atoms with Crippen molar-refractivity contribution in [2.75, 3.05) is 0 Å². The van der Waals surface area contributed by atoms with Gasteiger partial charge in [-0.1, -0.05) is 13.8 Å². The molecule has 3 nitrogen and oxygen atoms in total. The van der Waals surface area contributed by atoms with E-state index in [-0.39, 0.29) is 0 Å². The van der Waals surface area contributed by atoms with Crippen molar-refractivity contribution in [3.8, 4) is 11.3 Å². The first-order chi connectivity index (χ1) is 9.56. The standard InChI is InChI=1S/C17H19N3/c1-11(2)13-5-6-18-16(9-13)14-7-12(3)17-15(8-14)10-19-20(17)4/h5-11H,1-4H3. The minimum Gasteiger partial charge on any atom is -0.268 e. The Balaban J connectivity index is 2.17. The summed E-state index contributed by atoms with van der Waals surface area (Å²) in [5, 5.41) is 5.50. The fraction of sp³-hybridized carbons (Fsp3) is 0.294. The molecule has 0 spiro atoms. The lowest BCUT2D eigenvalue weighted by Crippen LogP contribution is -1.93. The quantitative estimate of drug-likeness (QED) is 0.699. The van der Waals surface area contributed by atoms with E-state index in [9.17, 15) is 0 Å². The van der Waals surface area contributed by atoms with Crippen molar-refractivity contribution in [3.05, 3.63) is 47.8 Å². The van der Waals surface area contributed by atoms with Crippen LogP contribution >= 0.6 is 0 Å². The molecule has 0 saturated heterocycles. The molecule has 3 heteroatoms. The zero-order valence-corrected chi connectivity index (χ0v) is 12.4. The van der Waals surface area contributed by atoms with Gasteiger partial charge in [0.05, 0.1) is 17.4 Å². The summed E-state index contributed by atoms with van der Waals surface area (Å²) >= 11 is 0. The lowest BCUT2D eigenvalue weighted by molar-refractivity contribution is 0.794. The Hall–Kier alpha value is -2.16. The van der Waals surface area contributed by atoms with E-state index in [0.29, 0.717) is 5.92 Å². The number of nitrogens with zero attached hydrogens (tertiary/aromatic N) is 3. The van der Waals surface area contributed by atoms with Crippen molar-refractivity contribution >= 4 is 10.9 Å². The highest BCUT2D eigenvalue weighted by Gasteiger charge is 2.09. The summed E-state index contributed by atoms with van der Waals surface area (Å²) in [4.78, 5) is 4.52. The Morgan fingerprint density at radius 3 is 2.70 bits per heavy atom. The average molecular weight is 265 g/mol. The van der Waals surface area contributed by atoms with Crippen LogP contribution in [-0.4, -0.2) is 14.8 Å². The molecule has 0 aliphatic heterocycles. The molecule has 0 atom stereocenters. The van der Waals surface area contributed by atoms with Crippen molar-refractivity contribution in [1.82, 2.24) is 14.8 Å². The number of hydrogen-bond donors (Lipinski definition) is 0. The minimum absolute atomic E-state index is 0.514. The SMILES string of the molecule is Cc1cc(-c2cc(C(C)C)ccn2)cc2cnn(C)c12. The molecule has 0 aliphatic rings. The van der Waals surface area contributed by atoms with E-state index in [2.05, 4.69) is 55.1 Å². The number of aryl methyl sites for hydroxylation is 2. The summed E-state index contributed by atoms with van der Waals surface area (Å²) in [6, 6.07) is 8.63. The van der Waals surface area contributed by atoms with Crippen LogP contribution in [0.4, 0.5) is 0 Å². The fourth-order valence-corrected chi connectivity index (χ4v) is 2.67. The van der Waals surface area contributed by atoms with Crippen molar-refractivity contribution in [1.29, 1.82) is 0 Å². The molecule has 0 unspecified atom stereocenters. The van der Waals surface area contributed by atoms with Gasteiger partial charge in [0.1, 0.15) is 0 Å². The summed E-state index contributed by atoms with van der Waals surface area (Å²) in [6.07, 6.45) is 3.81. The van der Waals surface area contributed by atoms with Gasteiger partial charge in [0.2, 0.25) is 0 Å². The Morgan fingerprint density at radius 2 is 1.95 bits per heavy atom. The molecule has 2 aromatic heterocycles. The first-order valence-corrected chi connectivity index (χ1v) is 6.95. The van der Waals surface area contributed by atoms with Gasteiger partial charge < -0.3 is 0 Å². The first kappa shape index (κ1) is 12.9. The molecular formula is C17H19N3. The van der Waals surface area contributed by atoms with Crippen LogP contribution in [0.2, 0.25) is 0 Å². The van der Waals surface area contributed by atoms with Crippen LogP contribution in [0, 0.1) is 6.92 Å². The highest BCUT2D eigenvalue weighted by molar-refractivity contribution is 5.86. The smallest absolute Gasteiger partial charge is 0.0708 e. The molecule has 0 saturated carbocycles. The molecule has 0 N–H and O–H groups in total. The van der Waals surface area contributed by atoms with E-state index in [4.69, 9.17) is 0 Å². The van der Waals surface area contributed by atoms with Crippen molar-refractivity contribution in [2.45, 2.75) is 26.7 Å². The molecule has 0 aliphatic carbocycles. The van der Waals surface area contributed by atoms with Crippen LogP contribution in [0.5, 0.6) is 0 Å². The maximum Gasteiger partial charge on any atom is 0.0708 e. The Labute approximate surface area is 119 Å². The van der Waals surface area contributed by atoms with Crippen LogP contribution in [0.3, 0.4) is 0 Å². The predicted molar refractivity (Wildman–Crippen MR) is 82.8 cm³/mol. The number of rotatable bonds is 2. The molecule has 3 rings (SSSR count). The van der Waals surface area contributed by atoms with Crippen molar-refractivity contribution in [3.63, 3.8) is 0 Å². The topological polar surface area (TPSA) is 30.7 Å². The van der Waals surface area contributed by atoms with E-state index >= 15 is 0 Å². The second-order valence-electron chi connectivity index (χ2n) is 5.63. The molecule has 0 amide bonds. The van der Waals surface area contributed by atoms with Gasteiger partial charge >= 0.3 is 0 Å². The third-order valence-electron chi connectivity index (χ3n) is 3.77. The minimum atomic E-state index is 0.514. The molecule has 0 bridgehead atoms. The summed E-state index contributed by atoms with van der Waals surface area (Å²) < 4.78 is 1.92. The number of fused-ring (bicyclic) bond motifs is 1. The van der Waals surface area contributed by atoms with Gasteiger partial charge in [-0.25, -0.2) is 0 Å². The molecule has 1 aromatic carbocycles. The number of aromatic nitrogens is 3. The van der Waals surface area contributed by atoms with E-state index in [0.717, 1.165) is 11.3 Å². The zero-order valence-electron chi connectivity index (χ0n) is 12.4. The van der Waals surface area contributed by atoms with Crippen LogP contribution in [-0.2, 0) is 7.05 Å². The van der Waals surface area contributed by atoms with Gasteiger partial charge in [-0.2, -0.15) is 5.10 Å². The van der Waals surface area contributed by atoms with E-state index < -0.39 is 0 Å². The highest BCUT2D eigenvalue weighted by Crippen LogP contribution is 2.27. The van der Waals surface area contributed by atoms with Gasteiger partial charge in [0.25, 0.3) is 0 Å². The van der Waals surface area contributed by atoms with Crippen molar-refractivity contribution in [2.24, 2.45) is 7.05 Å². The Bertz CT molecular complexity index is 769. The molecule has 20 heavy (non-hydrogen) atoms. The number of hydrogen-bond acceptors (Lipinski definition) is 2. The van der Waals surface area contributed by atoms with E-state index in [1.54, 1.807) is 0 Å². The molecule has 0 fully saturated rings. The lowest BCUT2D eigenvalue weighted by atomic mass is 10.00. The van der Waals surface area contributed by atoms with Crippen molar-refractivity contribution < 1.29 is 0 Å². The molecule has 0 radical (unpaired) electrons. The summed E-state index contributed by atoms with van der Waals surface area (Å²) in [5.74, 6) is 0.514. The maximum atomic E-state index is 4.52.